The molecule has 3 rings (SSSR count). The van der Waals surface area contributed by atoms with Crippen LogP contribution in [0.3, 0.4) is 0 Å². The maximum Gasteiger partial charge on any atom is 0.341 e. The lowest BCUT2D eigenvalue weighted by molar-refractivity contribution is -0.139. The molecule has 1 fully saturated rings. The summed E-state index contributed by atoms with van der Waals surface area (Å²) in [7, 11) is 0. The number of carboxylic acids is 1. The molecule has 0 radical (unpaired) electrons. The Hall–Kier alpha value is -1.55. The van der Waals surface area contributed by atoms with Crippen molar-refractivity contribution in [3.05, 3.63) is 29.3 Å². The van der Waals surface area contributed by atoms with E-state index in [2.05, 4.69) is 19.9 Å². The molecule has 1 heterocycles. The third-order valence-corrected chi connectivity index (χ3v) is 6.36. The highest BCUT2D eigenvalue weighted by atomic mass is 16.5. The van der Waals surface area contributed by atoms with Crippen LogP contribution >= 0.6 is 0 Å². The van der Waals surface area contributed by atoms with Gasteiger partial charge in [0.1, 0.15) is 5.75 Å². The Morgan fingerprint density at radius 1 is 1.30 bits per heavy atom. The second-order valence-electron chi connectivity index (χ2n) is 8.46. The summed E-state index contributed by atoms with van der Waals surface area (Å²) in [6.07, 6.45) is 10.1. The van der Waals surface area contributed by atoms with Crippen molar-refractivity contribution in [3.8, 4) is 5.75 Å². The minimum absolute atomic E-state index is 0.278. The zero-order valence-electron chi connectivity index (χ0n) is 16.8. The van der Waals surface area contributed by atoms with Gasteiger partial charge in [-0.2, -0.15) is 0 Å². The molecular formula is C23H34O4. The van der Waals surface area contributed by atoms with Gasteiger partial charge in [0.05, 0.1) is 12.7 Å². The fraction of sp³-hybridized carbons (Fsp3) is 0.696. The Balaban J connectivity index is 1.57. The Bertz CT molecular complexity index is 627. The van der Waals surface area contributed by atoms with E-state index in [1.54, 1.807) is 0 Å². The minimum Gasteiger partial charge on any atom is -0.482 e. The van der Waals surface area contributed by atoms with Gasteiger partial charge in [0.2, 0.25) is 0 Å². The van der Waals surface area contributed by atoms with Crippen molar-refractivity contribution in [3.63, 3.8) is 0 Å². The summed E-state index contributed by atoms with van der Waals surface area (Å²) in [6.45, 7) is 5.19. The standard InChI is InChI=1S/C23H34O4/c1-3-4-5-7-16(2)10-11-22-20-12-17-8-6-9-21(27-15-23(24)25)19(17)13-18(20)14-26-22/h6,8-9,16,18,20,22H,3-5,7,10-15H2,1-2H3,(H,24,25)/t16-,18-,20-,22+/m0/s1. The molecule has 1 aromatic carbocycles. The first kappa shape index (κ1) is 20.2. The van der Waals surface area contributed by atoms with Gasteiger partial charge in [-0.15, -0.1) is 0 Å². The van der Waals surface area contributed by atoms with Crippen molar-refractivity contribution in [2.45, 2.75) is 71.3 Å². The molecule has 2 aliphatic rings. The van der Waals surface area contributed by atoms with E-state index in [1.807, 2.05) is 12.1 Å². The SMILES string of the molecule is CCCCC[C@H](C)CC[C@H]1OC[C@@H]2Cc3c(cccc3OCC(=O)O)C[C@@H]21. The van der Waals surface area contributed by atoms with Crippen LogP contribution in [0.25, 0.3) is 0 Å². The number of carboxylic acid groups (broad SMARTS) is 1. The number of benzene rings is 1. The Morgan fingerprint density at radius 2 is 2.15 bits per heavy atom. The molecule has 0 aromatic heterocycles. The molecular weight excluding hydrogens is 340 g/mol. The molecule has 0 bridgehead atoms. The van der Waals surface area contributed by atoms with Gasteiger partial charge in [-0.1, -0.05) is 51.7 Å². The van der Waals surface area contributed by atoms with Gasteiger partial charge < -0.3 is 14.6 Å². The Labute approximate surface area is 163 Å². The van der Waals surface area contributed by atoms with Gasteiger partial charge >= 0.3 is 5.97 Å². The maximum absolute atomic E-state index is 10.8. The average molecular weight is 375 g/mol. The predicted molar refractivity (Wildman–Crippen MR) is 106 cm³/mol. The van der Waals surface area contributed by atoms with E-state index in [0.29, 0.717) is 17.9 Å². The molecule has 4 nitrogen and oxygen atoms in total. The van der Waals surface area contributed by atoms with Crippen LogP contribution in [0.15, 0.2) is 18.2 Å². The number of carbonyl (C=O) groups is 1. The largest absolute Gasteiger partial charge is 0.482 e. The monoisotopic (exact) mass is 374 g/mol. The molecule has 1 aliphatic heterocycles. The number of rotatable bonds is 10. The number of unbranched alkanes of at least 4 members (excludes halogenated alkanes) is 2. The quantitative estimate of drug-likeness (QED) is 0.593. The molecule has 150 valence electrons. The van der Waals surface area contributed by atoms with Crippen molar-refractivity contribution >= 4 is 5.97 Å². The summed E-state index contributed by atoms with van der Waals surface area (Å²) in [4.78, 5) is 10.8. The Morgan fingerprint density at radius 3 is 2.93 bits per heavy atom. The second-order valence-corrected chi connectivity index (χ2v) is 8.46. The molecule has 0 spiro atoms. The molecule has 1 aromatic rings. The van der Waals surface area contributed by atoms with E-state index in [1.165, 1.54) is 49.7 Å². The lowest BCUT2D eigenvalue weighted by Crippen LogP contribution is -2.29. The first-order valence-electron chi connectivity index (χ1n) is 10.7. The van der Waals surface area contributed by atoms with Crippen LogP contribution in [0.2, 0.25) is 0 Å². The molecule has 1 N–H and O–H groups in total. The number of hydrogen-bond donors (Lipinski definition) is 1. The summed E-state index contributed by atoms with van der Waals surface area (Å²) in [5.41, 5.74) is 2.50. The average Bonchev–Trinajstić information content (AvgIpc) is 3.05. The highest BCUT2D eigenvalue weighted by Crippen LogP contribution is 2.42. The number of hydrogen-bond acceptors (Lipinski definition) is 3. The predicted octanol–water partition coefficient (Wildman–Crippen LogP) is 4.88. The molecule has 4 atom stereocenters. The number of ether oxygens (including phenoxy) is 2. The van der Waals surface area contributed by atoms with Crippen molar-refractivity contribution in [2.75, 3.05) is 13.2 Å². The van der Waals surface area contributed by atoms with E-state index in [9.17, 15) is 4.79 Å². The summed E-state index contributed by atoms with van der Waals surface area (Å²) in [5.74, 6) is 1.72. The topological polar surface area (TPSA) is 55.8 Å². The fourth-order valence-corrected chi connectivity index (χ4v) is 4.76. The second kappa shape index (κ2) is 9.59. The van der Waals surface area contributed by atoms with Crippen LogP contribution in [0.1, 0.15) is 63.5 Å². The van der Waals surface area contributed by atoms with Crippen LogP contribution in [0.5, 0.6) is 5.75 Å². The highest BCUT2D eigenvalue weighted by Gasteiger charge is 2.40. The van der Waals surface area contributed by atoms with Gasteiger partial charge in [0.25, 0.3) is 0 Å². The van der Waals surface area contributed by atoms with Crippen LogP contribution < -0.4 is 4.74 Å². The fourth-order valence-electron chi connectivity index (χ4n) is 4.76. The molecule has 0 amide bonds. The molecule has 0 saturated carbocycles. The zero-order chi connectivity index (χ0) is 19.2. The lowest BCUT2D eigenvalue weighted by Gasteiger charge is -2.30. The van der Waals surface area contributed by atoms with Crippen LogP contribution in [-0.4, -0.2) is 30.4 Å². The van der Waals surface area contributed by atoms with Crippen LogP contribution in [0, 0.1) is 17.8 Å². The van der Waals surface area contributed by atoms with Crippen molar-refractivity contribution in [1.29, 1.82) is 0 Å². The Kier molecular flexibility index (Phi) is 7.17. The summed E-state index contributed by atoms with van der Waals surface area (Å²) < 4.78 is 11.7. The zero-order valence-corrected chi connectivity index (χ0v) is 16.8. The number of aliphatic carboxylic acids is 1. The van der Waals surface area contributed by atoms with E-state index in [4.69, 9.17) is 14.6 Å². The highest BCUT2D eigenvalue weighted by molar-refractivity contribution is 5.68. The number of fused-ring (bicyclic) bond motifs is 2. The normalized spacial score (nSPS) is 24.9. The molecule has 1 aliphatic carbocycles. The van der Waals surface area contributed by atoms with Gasteiger partial charge in [0.15, 0.2) is 6.61 Å². The first-order chi connectivity index (χ1) is 13.1. The van der Waals surface area contributed by atoms with E-state index in [0.717, 1.165) is 31.1 Å². The van der Waals surface area contributed by atoms with Gasteiger partial charge in [-0.05, 0) is 60.6 Å². The summed E-state index contributed by atoms with van der Waals surface area (Å²) in [5, 5.41) is 8.89. The van der Waals surface area contributed by atoms with Crippen molar-refractivity contribution in [2.24, 2.45) is 17.8 Å². The molecule has 1 saturated heterocycles. The molecule has 0 unspecified atom stereocenters. The van der Waals surface area contributed by atoms with Gasteiger partial charge in [0, 0.05) is 0 Å². The van der Waals surface area contributed by atoms with Gasteiger partial charge in [-0.25, -0.2) is 4.79 Å². The smallest absolute Gasteiger partial charge is 0.341 e. The molecule has 4 heteroatoms. The summed E-state index contributed by atoms with van der Waals surface area (Å²) >= 11 is 0. The van der Waals surface area contributed by atoms with Crippen LogP contribution in [0.4, 0.5) is 0 Å². The van der Waals surface area contributed by atoms with Crippen LogP contribution in [-0.2, 0) is 22.4 Å². The third kappa shape index (κ3) is 5.25. The van der Waals surface area contributed by atoms with Gasteiger partial charge in [-0.3, -0.25) is 0 Å². The molecule has 27 heavy (non-hydrogen) atoms. The minimum atomic E-state index is -0.932. The maximum atomic E-state index is 10.8. The van der Waals surface area contributed by atoms with E-state index < -0.39 is 5.97 Å². The van der Waals surface area contributed by atoms with Crippen molar-refractivity contribution < 1.29 is 19.4 Å². The summed E-state index contributed by atoms with van der Waals surface area (Å²) in [6, 6.07) is 6.05. The van der Waals surface area contributed by atoms with Crippen molar-refractivity contribution in [1.82, 2.24) is 0 Å². The van der Waals surface area contributed by atoms with E-state index >= 15 is 0 Å². The lowest BCUT2D eigenvalue weighted by atomic mass is 9.74. The first-order valence-corrected chi connectivity index (χ1v) is 10.7. The third-order valence-electron chi connectivity index (χ3n) is 6.36. The van der Waals surface area contributed by atoms with E-state index in [-0.39, 0.29) is 6.61 Å².